The largest absolute Gasteiger partial charge is 0.477 e. The Balaban J connectivity index is 2.40. The number of aryl methyl sites for hydroxylation is 1. The molecule has 0 saturated heterocycles. The Labute approximate surface area is 136 Å². The third kappa shape index (κ3) is 3.81. The predicted octanol–water partition coefficient (Wildman–Crippen LogP) is 3.13. The summed E-state index contributed by atoms with van der Waals surface area (Å²) >= 11 is 1.20. The standard InChI is InChI=1S/C16H13N3O3S/c1-10-3-5-14(6-4-10)19(11(2)20)16-18-13(9-23-16)7-12(8-17)15(21)22/h3-7,9H,1-2H3,(H,21,22). The molecule has 0 bridgehead atoms. The molecule has 0 unspecified atom stereocenters. The summed E-state index contributed by atoms with van der Waals surface area (Å²) in [5, 5.41) is 19.7. The third-order valence-electron chi connectivity index (χ3n) is 2.95. The quantitative estimate of drug-likeness (QED) is 0.687. The van der Waals surface area contributed by atoms with Crippen molar-refractivity contribution in [3.8, 4) is 6.07 Å². The maximum Gasteiger partial charge on any atom is 0.346 e. The van der Waals surface area contributed by atoms with Crippen LogP contribution >= 0.6 is 11.3 Å². The molecule has 1 aromatic carbocycles. The maximum atomic E-state index is 12.0. The van der Waals surface area contributed by atoms with Crippen molar-refractivity contribution < 1.29 is 14.7 Å². The molecule has 0 radical (unpaired) electrons. The van der Waals surface area contributed by atoms with Crippen LogP contribution in [0.5, 0.6) is 0 Å². The Bertz CT molecular complexity index is 816. The number of anilines is 2. The molecule has 0 saturated carbocycles. The normalized spacial score (nSPS) is 10.9. The van der Waals surface area contributed by atoms with Crippen LogP contribution in [0.3, 0.4) is 0 Å². The van der Waals surface area contributed by atoms with Gasteiger partial charge in [-0.15, -0.1) is 11.3 Å². The summed E-state index contributed by atoms with van der Waals surface area (Å²) in [5.74, 6) is -1.53. The van der Waals surface area contributed by atoms with Gasteiger partial charge in [0.2, 0.25) is 5.91 Å². The fourth-order valence-electron chi connectivity index (χ4n) is 1.86. The van der Waals surface area contributed by atoms with Gasteiger partial charge in [-0.25, -0.2) is 9.78 Å². The van der Waals surface area contributed by atoms with Gasteiger partial charge in [-0.05, 0) is 25.1 Å². The first-order valence-electron chi connectivity index (χ1n) is 6.60. The van der Waals surface area contributed by atoms with Gasteiger partial charge in [0.05, 0.1) is 11.4 Å². The van der Waals surface area contributed by atoms with Gasteiger partial charge < -0.3 is 5.11 Å². The van der Waals surface area contributed by atoms with E-state index in [1.807, 2.05) is 31.2 Å². The number of thiazole rings is 1. The first-order chi connectivity index (χ1) is 10.9. The number of hydrogen-bond donors (Lipinski definition) is 1. The van der Waals surface area contributed by atoms with E-state index in [1.54, 1.807) is 11.4 Å². The van der Waals surface area contributed by atoms with Gasteiger partial charge in [0, 0.05) is 12.3 Å². The number of nitriles is 1. The van der Waals surface area contributed by atoms with Gasteiger partial charge in [-0.2, -0.15) is 5.26 Å². The SMILES string of the molecule is CC(=O)N(c1ccc(C)cc1)c1nc(C=C(C#N)C(=O)O)cs1. The number of carbonyl (C=O) groups excluding carboxylic acids is 1. The van der Waals surface area contributed by atoms with E-state index < -0.39 is 11.5 Å². The van der Waals surface area contributed by atoms with E-state index in [1.165, 1.54) is 29.2 Å². The summed E-state index contributed by atoms with van der Waals surface area (Å²) < 4.78 is 0. The zero-order valence-corrected chi connectivity index (χ0v) is 13.3. The van der Waals surface area contributed by atoms with Crippen molar-refractivity contribution in [2.45, 2.75) is 13.8 Å². The second-order valence-corrected chi connectivity index (χ2v) is 5.56. The van der Waals surface area contributed by atoms with Crippen LogP contribution in [-0.2, 0) is 9.59 Å². The van der Waals surface area contributed by atoms with E-state index >= 15 is 0 Å². The van der Waals surface area contributed by atoms with Crippen molar-refractivity contribution in [2.75, 3.05) is 4.90 Å². The molecule has 1 heterocycles. The van der Waals surface area contributed by atoms with Crippen LogP contribution in [0.15, 0.2) is 35.2 Å². The molecule has 0 atom stereocenters. The molecule has 7 heteroatoms. The molecule has 116 valence electrons. The molecule has 0 fully saturated rings. The number of carboxylic acid groups (broad SMARTS) is 1. The number of amides is 1. The molecular formula is C16H13N3O3S. The van der Waals surface area contributed by atoms with Crippen LogP contribution in [0.2, 0.25) is 0 Å². The number of aromatic nitrogens is 1. The summed E-state index contributed by atoms with van der Waals surface area (Å²) in [6.07, 6.45) is 1.18. The van der Waals surface area contributed by atoms with Crippen LogP contribution in [-0.4, -0.2) is 22.0 Å². The summed E-state index contributed by atoms with van der Waals surface area (Å²) in [6, 6.07) is 8.99. The maximum absolute atomic E-state index is 12.0. The fraction of sp³-hybridized carbons (Fsp3) is 0.125. The monoisotopic (exact) mass is 327 g/mol. The summed E-state index contributed by atoms with van der Waals surface area (Å²) in [5.41, 5.74) is 1.65. The van der Waals surface area contributed by atoms with Crippen LogP contribution in [0.1, 0.15) is 18.2 Å². The topological polar surface area (TPSA) is 94.3 Å². The number of rotatable bonds is 4. The minimum atomic E-state index is -1.32. The average Bonchev–Trinajstić information content (AvgIpc) is 2.94. The number of nitrogens with zero attached hydrogens (tertiary/aromatic N) is 3. The van der Waals surface area contributed by atoms with Crippen LogP contribution in [0, 0.1) is 18.3 Å². The fourth-order valence-corrected chi connectivity index (χ4v) is 2.70. The van der Waals surface area contributed by atoms with E-state index in [0.29, 0.717) is 16.5 Å². The Morgan fingerprint density at radius 1 is 1.35 bits per heavy atom. The van der Waals surface area contributed by atoms with Gasteiger partial charge in [0.15, 0.2) is 5.13 Å². The van der Waals surface area contributed by atoms with E-state index in [9.17, 15) is 9.59 Å². The zero-order chi connectivity index (χ0) is 17.0. The molecule has 0 aliphatic rings. The minimum Gasteiger partial charge on any atom is -0.477 e. The van der Waals surface area contributed by atoms with Gasteiger partial charge in [-0.3, -0.25) is 9.69 Å². The smallest absolute Gasteiger partial charge is 0.346 e. The zero-order valence-electron chi connectivity index (χ0n) is 12.5. The van der Waals surface area contributed by atoms with Gasteiger partial charge in [0.25, 0.3) is 0 Å². The Hall–Kier alpha value is -2.98. The second kappa shape index (κ2) is 6.85. The van der Waals surface area contributed by atoms with E-state index in [2.05, 4.69) is 4.98 Å². The summed E-state index contributed by atoms with van der Waals surface area (Å²) in [6.45, 7) is 3.37. The van der Waals surface area contributed by atoms with E-state index in [0.717, 1.165) is 5.56 Å². The molecule has 2 rings (SSSR count). The first-order valence-corrected chi connectivity index (χ1v) is 7.48. The Kier molecular flexibility index (Phi) is 4.88. The number of carbonyl (C=O) groups is 2. The number of hydrogen-bond acceptors (Lipinski definition) is 5. The van der Waals surface area contributed by atoms with Crippen LogP contribution in [0.4, 0.5) is 10.8 Å². The van der Waals surface area contributed by atoms with E-state index in [4.69, 9.17) is 10.4 Å². The molecule has 2 aromatic rings. The highest BCUT2D eigenvalue weighted by molar-refractivity contribution is 7.14. The predicted molar refractivity (Wildman–Crippen MR) is 87.3 cm³/mol. The van der Waals surface area contributed by atoms with E-state index in [-0.39, 0.29) is 5.91 Å². The lowest BCUT2D eigenvalue weighted by atomic mass is 10.2. The number of aliphatic carboxylic acids is 1. The number of carboxylic acids is 1. The average molecular weight is 327 g/mol. The molecule has 23 heavy (non-hydrogen) atoms. The molecule has 0 aliphatic carbocycles. The van der Waals surface area contributed by atoms with Gasteiger partial charge in [0.1, 0.15) is 11.6 Å². The van der Waals surface area contributed by atoms with Crippen molar-refractivity contribution in [2.24, 2.45) is 0 Å². The third-order valence-corrected chi connectivity index (χ3v) is 3.80. The highest BCUT2D eigenvalue weighted by Gasteiger charge is 2.18. The van der Waals surface area contributed by atoms with Crippen molar-refractivity contribution in [3.63, 3.8) is 0 Å². The lowest BCUT2D eigenvalue weighted by molar-refractivity contribution is -0.132. The van der Waals surface area contributed by atoms with Crippen LogP contribution < -0.4 is 4.90 Å². The minimum absolute atomic E-state index is 0.211. The van der Waals surface area contributed by atoms with Gasteiger partial charge in [-0.1, -0.05) is 17.7 Å². The molecule has 1 aromatic heterocycles. The highest BCUT2D eigenvalue weighted by Crippen LogP contribution is 2.29. The summed E-state index contributed by atoms with van der Waals surface area (Å²) in [4.78, 5) is 28.5. The van der Waals surface area contributed by atoms with Gasteiger partial charge >= 0.3 is 5.97 Å². The highest BCUT2D eigenvalue weighted by atomic mass is 32.1. The first kappa shape index (κ1) is 16.4. The van der Waals surface area contributed by atoms with Crippen molar-refractivity contribution in [1.29, 1.82) is 5.26 Å². The van der Waals surface area contributed by atoms with Crippen molar-refractivity contribution in [3.05, 3.63) is 46.5 Å². The molecule has 6 nitrogen and oxygen atoms in total. The molecule has 1 amide bonds. The van der Waals surface area contributed by atoms with Crippen molar-refractivity contribution >= 4 is 40.1 Å². The molecular weight excluding hydrogens is 314 g/mol. The molecule has 0 aliphatic heterocycles. The molecule has 1 N–H and O–H groups in total. The lowest BCUT2D eigenvalue weighted by Gasteiger charge is -2.18. The van der Waals surface area contributed by atoms with Crippen LogP contribution in [0.25, 0.3) is 6.08 Å². The second-order valence-electron chi connectivity index (χ2n) is 4.72. The summed E-state index contributed by atoms with van der Waals surface area (Å²) in [7, 11) is 0. The number of benzene rings is 1. The van der Waals surface area contributed by atoms with Crippen molar-refractivity contribution in [1.82, 2.24) is 4.98 Å². The Morgan fingerprint density at radius 2 is 2.00 bits per heavy atom. The Morgan fingerprint density at radius 3 is 2.52 bits per heavy atom. The molecule has 0 spiro atoms. The lowest BCUT2D eigenvalue weighted by Crippen LogP contribution is -2.22.